The van der Waals surface area contributed by atoms with Crippen LogP contribution in [-0.4, -0.2) is 47.7 Å². The van der Waals surface area contributed by atoms with Crippen molar-refractivity contribution in [3.8, 4) is 0 Å². The van der Waals surface area contributed by atoms with Crippen LogP contribution in [0.2, 0.25) is 0 Å². The summed E-state index contributed by atoms with van der Waals surface area (Å²) in [6.45, 7) is 3.96. The molecule has 8 heteroatoms. The molecule has 0 radical (unpaired) electrons. The molecule has 1 unspecified atom stereocenters. The standard InChI is InChI=1S/C16H22N4O2.CH3NO/c1-11-8-12-13(9-18-11)19-10-16(12,15(17)22)5-3-7-20-6-2-4-14(20)21;2-1-3/h8-9,19H,2-7,10H2,1H3,(H2,17,22);1H,(H2,2,3). The van der Waals surface area contributed by atoms with Gasteiger partial charge in [0, 0.05) is 31.7 Å². The van der Waals surface area contributed by atoms with E-state index in [4.69, 9.17) is 10.5 Å². The van der Waals surface area contributed by atoms with Crippen LogP contribution in [0, 0.1) is 6.92 Å². The average molecular weight is 347 g/mol. The summed E-state index contributed by atoms with van der Waals surface area (Å²) in [7, 11) is 0. The second-order valence-corrected chi connectivity index (χ2v) is 6.40. The zero-order valence-corrected chi connectivity index (χ0v) is 14.5. The molecule has 1 aromatic heterocycles. The highest BCUT2D eigenvalue weighted by molar-refractivity contribution is 5.91. The Morgan fingerprint density at radius 3 is 2.84 bits per heavy atom. The predicted molar refractivity (Wildman–Crippen MR) is 93.6 cm³/mol. The number of rotatable bonds is 5. The van der Waals surface area contributed by atoms with Crippen LogP contribution < -0.4 is 16.8 Å². The summed E-state index contributed by atoms with van der Waals surface area (Å²) in [6, 6.07) is 1.95. The Hall–Kier alpha value is -2.64. The number of aryl methyl sites for hydroxylation is 1. The number of pyridine rings is 1. The first-order chi connectivity index (χ1) is 11.9. The zero-order valence-electron chi connectivity index (χ0n) is 14.5. The third kappa shape index (κ3) is 3.89. The van der Waals surface area contributed by atoms with Crippen LogP contribution in [-0.2, 0) is 19.8 Å². The van der Waals surface area contributed by atoms with E-state index in [0.29, 0.717) is 25.9 Å². The van der Waals surface area contributed by atoms with Crippen molar-refractivity contribution in [2.45, 2.75) is 38.0 Å². The first-order valence-corrected chi connectivity index (χ1v) is 8.38. The Bertz CT molecular complexity index is 664. The first-order valence-electron chi connectivity index (χ1n) is 8.38. The van der Waals surface area contributed by atoms with Gasteiger partial charge in [0.2, 0.25) is 18.2 Å². The third-order valence-corrected chi connectivity index (χ3v) is 4.81. The SMILES string of the molecule is Cc1cc2c(cn1)NCC2(CCCN1CCCC1=O)C(N)=O.NC=O. The molecule has 1 saturated heterocycles. The second kappa shape index (κ2) is 7.96. The van der Waals surface area contributed by atoms with Crippen LogP contribution in [0.4, 0.5) is 5.69 Å². The van der Waals surface area contributed by atoms with Crippen molar-refractivity contribution in [3.63, 3.8) is 0 Å². The van der Waals surface area contributed by atoms with Crippen molar-refractivity contribution >= 4 is 23.9 Å². The summed E-state index contributed by atoms with van der Waals surface area (Å²) < 4.78 is 0. The number of carbonyl (C=O) groups is 3. The van der Waals surface area contributed by atoms with Gasteiger partial charge in [-0.3, -0.25) is 19.4 Å². The molecule has 5 N–H and O–H groups in total. The van der Waals surface area contributed by atoms with Crippen molar-refractivity contribution in [1.82, 2.24) is 9.88 Å². The van der Waals surface area contributed by atoms with Gasteiger partial charge in [0.05, 0.1) is 17.3 Å². The minimum atomic E-state index is -0.689. The fourth-order valence-corrected chi connectivity index (χ4v) is 3.52. The Morgan fingerprint density at radius 1 is 1.52 bits per heavy atom. The molecule has 3 rings (SSSR count). The molecule has 1 atom stereocenters. The van der Waals surface area contributed by atoms with Crippen LogP contribution in [0.3, 0.4) is 0 Å². The van der Waals surface area contributed by atoms with Crippen molar-refractivity contribution in [1.29, 1.82) is 0 Å². The molecule has 2 aliphatic rings. The summed E-state index contributed by atoms with van der Waals surface area (Å²) >= 11 is 0. The largest absolute Gasteiger partial charge is 0.382 e. The molecular formula is C17H25N5O3. The van der Waals surface area contributed by atoms with Crippen LogP contribution in [0.5, 0.6) is 0 Å². The van der Waals surface area contributed by atoms with Crippen LogP contribution >= 0.6 is 0 Å². The molecule has 0 spiro atoms. The Balaban J connectivity index is 0.000000701. The van der Waals surface area contributed by atoms with Crippen LogP contribution in [0.25, 0.3) is 0 Å². The van der Waals surface area contributed by atoms with Gasteiger partial charge in [0.15, 0.2) is 0 Å². The van der Waals surface area contributed by atoms with Crippen LogP contribution in [0.1, 0.15) is 36.9 Å². The third-order valence-electron chi connectivity index (χ3n) is 4.81. The van der Waals surface area contributed by atoms with Crippen molar-refractivity contribution in [2.75, 3.05) is 25.0 Å². The fourth-order valence-electron chi connectivity index (χ4n) is 3.52. The van der Waals surface area contributed by atoms with E-state index in [2.05, 4.69) is 16.0 Å². The highest BCUT2D eigenvalue weighted by atomic mass is 16.2. The van der Waals surface area contributed by atoms with E-state index in [-0.39, 0.29) is 18.2 Å². The van der Waals surface area contributed by atoms with Gasteiger partial charge in [-0.1, -0.05) is 0 Å². The number of likely N-dealkylation sites (tertiary alicyclic amines) is 1. The maximum Gasteiger partial charge on any atom is 0.229 e. The molecule has 1 fully saturated rings. The number of amides is 3. The summed E-state index contributed by atoms with van der Waals surface area (Å²) in [6.07, 6.45) is 5.03. The molecule has 8 nitrogen and oxygen atoms in total. The molecule has 3 heterocycles. The van der Waals surface area contributed by atoms with E-state index in [1.54, 1.807) is 6.20 Å². The number of carbonyl (C=O) groups excluding carboxylic acids is 3. The summed E-state index contributed by atoms with van der Waals surface area (Å²) in [5.41, 5.74) is 11.9. The number of nitrogens with zero attached hydrogens (tertiary/aromatic N) is 2. The molecule has 0 aromatic carbocycles. The number of fused-ring (bicyclic) bond motifs is 1. The Kier molecular flexibility index (Phi) is 5.95. The lowest BCUT2D eigenvalue weighted by Crippen LogP contribution is -2.43. The minimum absolute atomic E-state index is 0.220. The van der Waals surface area contributed by atoms with Gasteiger partial charge in [-0.15, -0.1) is 0 Å². The van der Waals surface area contributed by atoms with E-state index in [9.17, 15) is 9.59 Å². The van der Waals surface area contributed by atoms with Crippen molar-refractivity contribution in [2.24, 2.45) is 11.5 Å². The lowest BCUT2D eigenvalue weighted by atomic mass is 9.77. The molecule has 25 heavy (non-hydrogen) atoms. The minimum Gasteiger partial charge on any atom is -0.382 e. The van der Waals surface area contributed by atoms with Gasteiger partial charge in [-0.2, -0.15) is 0 Å². The van der Waals surface area contributed by atoms with Gasteiger partial charge in [-0.25, -0.2) is 0 Å². The second-order valence-electron chi connectivity index (χ2n) is 6.40. The molecule has 0 saturated carbocycles. The number of primary amides is 2. The van der Waals surface area contributed by atoms with Gasteiger partial charge in [0.1, 0.15) is 0 Å². The Labute approximate surface area is 146 Å². The zero-order chi connectivity index (χ0) is 18.4. The van der Waals surface area contributed by atoms with E-state index in [1.807, 2.05) is 17.9 Å². The molecular weight excluding hydrogens is 322 g/mol. The maximum atomic E-state index is 12.2. The van der Waals surface area contributed by atoms with Gasteiger partial charge >= 0.3 is 0 Å². The van der Waals surface area contributed by atoms with Gasteiger partial charge in [-0.05, 0) is 37.8 Å². The average Bonchev–Trinajstić information content (AvgIpc) is 3.13. The normalized spacial score (nSPS) is 21.2. The number of nitrogens with two attached hydrogens (primary N) is 2. The van der Waals surface area contributed by atoms with E-state index in [0.717, 1.165) is 36.3 Å². The van der Waals surface area contributed by atoms with Crippen molar-refractivity contribution < 1.29 is 14.4 Å². The molecule has 2 aliphatic heterocycles. The predicted octanol–water partition coefficient (Wildman–Crippen LogP) is 0.0427. The number of nitrogens with one attached hydrogen (secondary N) is 1. The van der Waals surface area contributed by atoms with E-state index >= 15 is 0 Å². The molecule has 136 valence electrons. The van der Waals surface area contributed by atoms with Gasteiger partial charge < -0.3 is 21.7 Å². The highest BCUT2D eigenvalue weighted by Crippen LogP contribution is 2.40. The monoisotopic (exact) mass is 347 g/mol. The molecule has 3 amide bonds. The summed E-state index contributed by atoms with van der Waals surface area (Å²) in [5.74, 6) is -0.0878. The lowest BCUT2D eigenvalue weighted by molar-refractivity contribution is -0.127. The Morgan fingerprint density at radius 2 is 2.24 bits per heavy atom. The van der Waals surface area contributed by atoms with Gasteiger partial charge in [0.25, 0.3) is 0 Å². The molecule has 0 aliphatic carbocycles. The number of hydrogen-bond donors (Lipinski definition) is 3. The number of anilines is 1. The summed E-state index contributed by atoms with van der Waals surface area (Å²) in [5, 5.41) is 3.24. The fraction of sp³-hybridized carbons (Fsp3) is 0.529. The quantitative estimate of drug-likeness (QED) is 0.647. The first kappa shape index (κ1) is 18.7. The van der Waals surface area contributed by atoms with Crippen molar-refractivity contribution in [3.05, 3.63) is 23.5 Å². The van der Waals surface area contributed by atoms with Crippen LogP contribution in [0.15, 0.2) is 12.3 Å². The lowest BCUT2D eigenvalue weighted by Gasteiger charge is -2.27. The molecule has 0 bridgehead atoms. The number of aromatic nitrogens is 1. The van der Waals surface area contributed by atoms with E-state index in [1.165, 1.54) is 0 Å². The summed E-state index contributed by atoms with van der Waals surface area (Å²) in [4.78, 5) is 38.6. The topological polar surface area (TPSA) is 131 Å². The highest BCUT2D eigenvalue weighted by Gasteiger charge is 2.44. The van der Waals surface area contributed by atoms with E-state index < -0.39 is 5.41 Å². The number of hydrogen-bond acceptors (Lipinski definition) is 5. The molecule has 1 aromatic rings. The smallest absolute Gasteiger partial charge is 0.229 e. The maximum absolute atomic E-state index is 12.2.